The molecule has 0 aliphatic rings. The number of ether oxygens (including phenoxy) is 3. The Labute approximate surface area is 217 Å². The van der Waals surface area contributed by atoms with Gasteiger partial charge in [-0.1, -0.05) is 23.4 Å². The van der Waals surface area contributed by atoms with Crippen LogP contribution in [0, 0.1) is 0 Å². The molecule has 2 aromatic heterocycles. The van der Waals surface area contributed by atoms with Crippen LogP contribution in [0.5, 0.6) is 17.2 Å². The van der Waals surface area contributed by atoms with Crippen LogP contribution in [-0.2, 0) is 10.0 Å². The zero-order valence-electron chi connectivity index (χ0n) is 20.5. The lowest BCUT2D eigenvalue weighted by molar-refractivity contribution is 0.354. The molecule has 2 heterocycles. The van der Waals surface area contributed by atoms with Crippen LogP contribution < -0.4 is 24.6 Å². The fourth-order valence-electron chi connectivity index (χ4n) is 3.63. The highest BCUT2D eigenvalue weighted by Crippen LogP contribution is 2.29. The number of nitrogens with one attached hydrogen (secondary N) is 1. The number of sulfonamides is 1. The molecular weight excluding hydrogens is 512 g/mol. The van der Waals surface area contributed by atoms with Gasteiger partial charge in [0, 0.05) is 17.0 Å². The van der Waals surface area contributed by atoms with Gasteiger partial charge in [0.05, 0.1) is 26.2 Å². The summed E-state index contributed by atoms with van der Waals surface area (Å²) < 4.78 is 53.0. The number of aromatic nitrogens is 2. The monoisotopic (exact) mass is 534 g/mol. The highest BCUT2D eigenvalue weighted by Gasteiger charge is 2.19. The molecule has 0 saturated carbocycles. The average molecular weight is 535 g/mol. The summed E-state index contributed by atoms with van der Waals surface area (Å²) in [6, 6.07) is 20.3. The maximum absolute atomic E-state index is 13.0. The lowest BCUT2D eigenvalue weighted by Crippen LogP contribution is -2.22. The summed E-state index contributed by atoms with van der Waals surface area (Å²) in [4.78, 5) is 6.60. The summed E-state index contributed by atoms with van der Waals surface area (Å²) in [5, 5.41) is 8.85. The first-order valence-electron chi connectivity index (χ1n) is 11.2. The first-order valence-corrected chi connectivity index (χ1v) is 12.7. The van der Waals surface area contributed by atoms with Crippen molar-refractivity contribution in [2.75, 3.05) is 21.3 Å². The van der Waals surface area contributed by atoms with Gasteiger partial charge in [0.15, 0.2) is 11.5 Å². The van der Waals surface area contributed by atoms with Gasteiger partial charge in [0.1, 0.15) is 16.9 Å². The number of rotatable bonds is 8. The minimum absolute atomic E-state index is 0.0716. The molecule has 11 nitrogen and oxygen atoms in total. The van der Waals surface area contributed by atoms with Crippen molar-refractivity contribution in [2.24, 2.45) is 5.10 Å². The zero-order chi connectivity index (χ0) is 26.7. The van der Waals surface area contributed by atoms with Crippen molar-refractivity contribution >= 4 is 21.0 Å². The fraction of sp³-hybridized carbons (Fsp3) is 0.115. The summed E-state index contributed by atoms with van der Waals surface area (Å²) in [7, 11) is 0.347. The number of nitrogens with zero attached hydrogens (tertiary/aromatic N) is 3. The largest absolute Gasteiger partial charge is 0.497 e. The van der Waals surface area contributed by atoms with E-state index < -0.39 is 10.0 Å². The molecule has 0 unspecified atom stereocenters. The molecule has 0 saturated heterocycles. The molecule has 0 radical (unpaired) electrons. The van der Waals surface area contributed by atoms with Crippen LogP contribution in [0.4, 0.5) is 0 Å². The van der Waals surface area contributed by atoms with Gasteiger partial charge in [-0.3, -0.25) is 0 Å². The van der Waals surface area contributed by atoms with E-state index in [-0.39, 0.29) is 22.1 Å². The van der Waals surface area contributed by atoms with Gasteiger partial charge in [-0.2, -0.15) is 18.2 Å². The third kappa shape index (κ3) is 4.89. The molecule has 5 aromatic rings. The van der Waals surface area contributed by atoms with E-state index in [0.29, 0.717) is 34.0 Å². The average Bonchev–Trinajstić information content (AvgIpc) is 3.45. The molecule has 194 valence electrons. The molecule has 5 rings (SSSR count). The van der Waals surface area contributed by atoms with Crippen LogP contribution in [0.3, 0.4) is 0 Å². The van der Waals surface area contributed by atoms with Gasteiger partial charge in [-0.25, -0.2) is 0 Å². The van der Waals surface area contributed by atoms with E-state index in [1.807, 2.05) is 12.1 Å². The van der Waals surface area contributed by atoms with Crippen LogP contribution in [0.1, 0.15) is 0 Å². The molecule has 0 aliphatic heterocycles. The van der Waals surface area contributed by atoms with Gasteiger partial charge < -0.3 is 23.2 Å². The number of fused-ring (bicyclic) bond motifs is 1. The number of methoxy groups -OCH3 is 3. The quantitative estimate of drug-likeness (QED) is 0.293. The molecule has 0 amide bonds. The van der Waals surface area contributed by atoms with Crippen molar-refractivity contribution < 1.29 is 31.6 Å². The van der Waals surface area contributed by atoms with E-state index in [1.165, 1.54) is 32.4 Å². The Balaban J connectivity index is 1.56. The third-order valence-corrected chi connectivity index (χ3v) is 6.80. The molecular formula is C26H22N4O7S. The Kier molecular flexibility index (Phi) is 6.71. The second-order valence-electron chi connectivity index (χ2n) is 7.88. The summed E-state index contributed by atoms with van der Waals surface area (Å²) in [6.45, 7) is 0. The minimum Gasteiger partial charge on any atom is -0.497 e. The van der Waals surface area contributed by atoms with E-state index in [1.54, 1.807) is 49.6 Å². The predicted molar refractivity (Wildman–Crippen MR) is 137 cm³/mol. The Hall–Kier alpha value is -4.84. The standard InChI is InChI=1S/C26H22N4O7S/c1-33-18-10-8-16(9-11-18)24-27-25(37-29-24)20-14-17-6-4-5-7-21(17)36-26(20)28-30-38(31,32)19-12-13-22(34-2)23(15-19)35-3/h4-15,30H,1-3H3/b28-26-. The molecule has 12 heteroatoms. The molecule has 0 aliphatic carbocycles. The maximum Gasteiger partial charge on any atom is 0.276 e. The second-order valence-corrected chi connectivity index (χ2v) is 9.54. The van der Waals surface area contributed by atoms with Crippen LogP contribution in [-0.4, -0.2) is 39.9 Å². The van der Waals surface area contributed by atoms with Crippen LogP contribution in [0.2, 0.25) is 0 Å². The Morgan fingerprint density at radius 3 is 2.37 bits per heavy atom. The number of hydrogen-bond acceptors (Lipinski definition) is 10. The van der Waals surface area contributed by atoms with Gasteiger partial charge in [-0.05, 0) is 48.5 Å². The van der Waals surface area contributed by atoms with Gasteiger partial charge >= 0.3 is 0 Å². The van der Waals surface area contributed by atoms with Gasteiger partial charge in [-0.15, -0.1) is 5.10 Å². The summed E-state index contributed by atoms with van der Waals surface area (Å²) in [6.07, 6.45) is 0. The number of para-hydroxylation sites is 1. The smallest absolute Gasteiger partial charge is 0.276 e. The lowest BCUT2D eigenvalue weighted by atomic mass is 10.2. The molecule has 3 aromatic carbocycles. The molecule has 0 spiro atoms. The summed E-state index contributed by atoms with van der Waals surface area (Å²) in [5.41, 5.74) is 1.41. The van der Waals surface area contributed by atoms with E-state index in [4.69, 9.17) is 23.2 Å². The van der Waals surface area contributed by atoms with Crippen LogP contribution >= 0.6 is 0 Å². The fourth-order valence-corrected chi connectivity index (χ4v) is 4.45. The second kappa shape index (κ2) is 10.3. The zero-order valence-corrected chi connectivity index (χ0v) is 21.4. The number of benzene rings is 3. The molecule has 0 fully saturated rings. The first kappa shape index (κ1) is 24.8. The van der Waals surface area contributed by atoms with Crippen molar-refractivity contribution in [2.45, 2.75) is 4.90 Å². The SMILES string of the molecule is COc1ccc(-c2noc(-c3cc4ccccc4o/c3=N\NS(=O)(=O)c3ccc(OC)c(OC)c3)n2)cc1. The Morgan fingerprint density at radius 2 is 1.63 bits per heavy atom. The highest BCUT2D eigenvalue weighted by molar-refractivity contribution is 7.89. The van der Waals surface area contributed by atoms with E-state index in [2.05, 4.69) is 20.1 Å². The van der Waals surface area contributed by atoms with Crippen molar-refractivity contribution in [1.82, 2.24) is 15.0 Å². The van der Waals surface area contributed by atoms with Crippen LogP contribution in [0.15, 0.2) is 91.7 Å². The molecule has 38 heavy (non-hydrogen) atoms. The van der Waals surface area contributed by atoms with Crippen molar-refractivity contribution in [3.63, 3.8) is 0 Å². The first-order chi connectivity index (χ1) is 18.4. The maximum atomic E-state index is 13.0. The van der Waals surface area contributed by atoms with Crippen molar-refractivity contribution in [1.29, 1.82) is 0 Å². The lowest BCUT2D eigenvalue weighted by Gasteiger charge is -2.09. The van der Waals surface area contributed by atoms with Crippen molar-refractivity contribution in [3.05, 3.63) is 78.4 Å². The van der Waals surface area contributed by atoms with Gasteiger partial charge in [0.25, 0.3) is 15.9 Å². The Bertz CT molecular complexity index is 1780. The minimum atomic E-state index is -4.10. The topological polar surface area (TPSA) is 138 Å². The molecule has 1 N–H and O–H groups in total. The Morgan fingerprint density at radius 1 is 0.868 bits per heavy atom. The summed E-state index contributed by atoms with van der Waals surface area (Å²) >= 11 is 0. The van der Waals surface area contributed by atoms with Crippen LogP contribution in [0.25, 0.3) is 33.8 Å². The number of hydrogen-bond donors (Lipinski definition) is 1. The van der Waals surface area contributed by atoms with Gasteiger partial charge in [0.2, 0.25) is 11.4 Å². The van der Waals surface area contributed by atoms with Crippen molar-refractivity contribution in [3.8, 4) is 40.1 Å². The molecule has 0 bridgehead atoms. The normalized spacial score (nSPS) is 11.9. The third-order valence-electron chi connectivity index (χ3n) is 5.59. The van der Waals surface area contributed by atoms with E-state index in [9.17, 15) is 8.42 Å². The van der Waals surface area contributed by atoms with E-state index in [0.717, 1.165) is 5.39 Å². The van der Waals surface area contributed by atoms with E-state index >= 15 is 0 Å². The summed E-state index contributed by atoms with van der Waals surface area (Å²) in [5.74, 6) is 1.75. The predicted octanol–water partition coefficient (Wildman–Crippen LogP) is 3.97. The highest BCUT2D eigenvalue weighted by atomic mass is 32.2. The molecule has 0 atom stereocenters.